The summed E-state index contributed by atoms with van der Waals surface area (Å²) in [6.07, 6.45) is -3.93. The molecule has 0 aromatic heterocycles. The van der Waals surface area contributed by atoms with Crippen molar-refractivity contribution in [3.63, 3.8) is 0 Å². The van der Waals surface area contributed by atoms with Crippen molar-refractivity contribution in [3.05, 3.63) is 36.0 Å². The number of esters is 2. The Labute approximate surface area is 142 Å². The molecule has 0 heterocycles. The van der Waals surface area contributed by atoms with Crippen molar-refractivity contribution in [1.29, 1.82) is 0 Å². The minimum Gasteiger partial charge on any atom is -0.466 e. The van der Waals surface area contributed by atoms with Gasteiger partial charge in [0, 0.05) is 17.5 Å². The van der Waals surface area contributed by atoms with Gasteiger partial charge in [0.25, 0.3) is 0 Å². The first-order chi connectivity index (χ1) is 11.7. The normalized spacial score (nSPS) is 11.6. The molecular weight excluding hydrogens is 343 g/mol. The van der Waals surface area contributed by atoms with Crippen LogP contribution in [0.5, 0.6) is 5.75 Å². The van der Waals surface area contributed by atoms with Crippen LogP contribution in [0.2, 0.25) is 0 Å². The van der Waals surface area contributed by atoms with E-state index in [9.17, 15) is 22.8 Å². The van der Waals surface area contributed by atoms with Crippen LogP contribution in [0.25, 0.3) is 0 Å². The molecule has 0 radical (unpaired) electrons. The summed E-state index contributed by atoms with van der Waals surface area (Å²) < 4.78 is 49.7. The molecule has 0 aliphatic rings. The fourth-order valence-electron chi connectivity index (χ4n) is 1.75. The van der Waals surface area contributed by atoms with Gasteiger partial charge in [-0.15, -0.1) is 13.2 Å². The molecule has 0 bridgehead atoms. The van der Waals surface area contributed by atoms with Gasteiger partial charge in [0.1, 0.15) is 5.75 Å². The fraction of sp³-hybridized carbons (Fsp3) is 0.375. The molecule has 0 spiro atoms. The molecule has 9 heteroatoms. The summed E-state index contributed by atoms with van der Waals surface area (Å²) in [7, 11) is 0. The molecule has 0 saturated carbocycles. The number of rotatable bonds is 8. The second-order valence-electron chi connectivity index (χ2n) is 4.60. The summed E-state index contributed by atoms with van der Waals surface area (Å²) in [5.41, 5.74) is 0.538. The molecule has 0 unspecified atom stereocenters. The molecular formula is C16H18F3NO5. The molecule has 138 valence electrons. The molecule has 0 amide bonds. The number of carbonyl (C=O) groups excluding carboxylic acids is 2. The number of halogens is 3. The Morgan fingerprint density at radius 2 is 1.68 bits per heavy atom. The summed E-state index contributed by atoms with van der Waals surface area (Å²) in [6, 6.07) is 4.82. The van der Waals surface area contributed by atoms with E-state index in [4.69, 9.17) is 9.47 Å². The van der Waals surface area contributed by atoms with Crippen molar-refractivity contribution in [1.82, 2.24) is 0 Å². The Morgan fingerprint density at radius 3 is 2.20 bits per heavy atom. The third kappa shape index (κ3) is 8.63. The monoisotopic (exact) mass is 361 g/mol. The lowest BCUT2D eigenvalue weighted by molar-refractivity contribution is -0.274. The number of anilines is 1. The molecule has 0 fully saturated rings. The molecule has 1 N–H and O–H groups in total. The van der Waals surface area contributed by atoms with Crippen LogP contribution in [-0.2, 0) is 19.1 Å². The molecule has 0 atom stereocenters. The first-order valence-electron chi connectivity index (χ1n) is 7.39. The number of ether oxygens (including phenoxy) is 3. The Bertz CT molecular complexity index is 611. The third-order valence-corrected chi connectivity index (χ3v) is 2.61. The van der Waals surface area contributed by atoms with Crippen LogP contribution in [0.15, 0.2) is 36.0 Å². The van der Waals surface area contributed by atoms with Gasteiger partial charge in [0.2, 0.25) is 0 Å². The van der Waals surface area contributed by atoms with E-state index < -0.39 is 18.3 Å². The lowest BCUT2D eigenvalue weighted by Crippen LogP contribution is -2.17. The Hall–Kier alpha value is -2.71. The smallest absolute Gasteiger partial charge is 0.466 e. The van der Waals surface area contributed by atoms with Gasteiger partial charge in [-0.3, -0.25) is 4.79 Å². The van der Waals surface area contributed by atoms with Crippen LogP contribution in [0.4, 0.5) is 18.9 Å². The van der Waals surface area contributed by atoms with Crippen LogP contribution in [0.1, 0.15) is 20.3 Å². The van der Waals surface area contributed by atoms with Crippen molar-refractivity contribution >= 4 is 17.6 Å². The highest BCUT2D eigenvalue weighted by Gasteiger charge is 2.30. The van der Waals surface area contributed by atoms with Crippen LogP contribution in [0.3, 0.4) is 0 Å². The van der Waals surface area contributed by atoms with Gasteiger partial charge >= 0.3 is 18.3 Å². The van der Waals surface area contributed by atoms with E-state index in [0.717, 1.165) is 18.2 Å². The molecule has 1 aromatic rings. The Balaban J connectivity index is 2.85. The molecule has 0 aliphatic heterocycles. The van der Waals surface area contributed by atoms with Crippen LogP contribution in [0, 0.1) is 0 Å². The number of nitrogens with one attached hydrogen (secondary N) is 1. The molecule has 0 aliphatic carbocycles. The average molecular weight is 361 g/mol. The minimum atomic E-state index is -4.78. The topological polar surface area (TPSA) is 73.9 Å². The zero-order chi connectivity index (χ0) is 18.9. The number of benzene rings is 1. The van der Waals surface area contributed by atoms with Crippen molar-refractivity contribution in [3.8, 4) is 5.75 Å². The van der Waals surface area contributed by atoms with Gasteiger partial charge in [-0.1, -0.05) is 0 Å². The SMILES string of the molecule is CCOC(=O)/C=C(/CC(=O)OCC)Nc1ccc(OC(F)(F)F)cc1. The number of hydrogen-bond acceptors (Lipinski definition) is 6. The van der Waals surface area contributed by atoms with Gasteiger partial charge in [-0.2, -0.15) is 0 Å². The Kier molecular flexibility index (Phi) is 7.77. The van der Waals surface area contributed by atoms with Crippen LogP contribution in [-0.4, -0.2) is 31.5 Å². The van der Waals surface area contributed by atoms with E-state index in [1.807, 2.05) is 0 Å². The fourth-order valence-corrected chi connectivity index (χ4v) is 1.75. The molecule has 1 rings (SSSR count). The van der Waals surface area contributed by atoms with E-state index in [2.05, 4.69) is 10.1 Å². The van der Waals surface area contributed by atoms with Gasteiger partial charge in [-0.25, -0.2) is 4.79 Å². The summed E-state index contributed by atoms with van der Waals surface area (Å²) in [4.78, 5) is 23.2. The lowest BCUT2D eigenvalue weighted by atomic mass is 10.2. The largest absolute Gasteiger partial charge is 0.573 e. The van der Waals surface area contributed by atoms with Gasteiger partial charge < -0.3 is 19.5 Å². The van der Waals surface area contributed by atoms with E-state index in [1.165, 1.54) is 12.1 Å². The molecule has 1 aromatic carbocycles. The third-order valence-electron chi connectivity index (χ3n) is 2.61. The van der Waals surface area contributed by atoms with E-state index in [-0.39, 0.29) is 31.1 Å². The minimum absolute atomic E-state index is 0.158. The average Bonchev–Trinajstić information content (AvgIpc) is 2.48. The van der Waals surface area contributed by atoms with E-state index >= 15 is 0 Å². The highest BCUT2D eigenvalue weighted by Crippen LogP contribution is 2.24. The van der Waals surface area contributed by atoms with Gasteiger partial charge in [0.15, 0.2) is 0 Å². The molecule has 0 saturated heterocycles. The van der Waals surface area contributed by atoms with Crippen LogP contribution < -0.4 is 10.1 Å². The highest BCUT2D eigenvalue weighted by molar-refractivity contribution is 5.85. The summed E-state index contributed by atoms with van der Waals surface area (Å²) in [5.74, 6) is -1.62. The standard InChI is InChI=1S/C16H18F3NO5/c1-3-23-14(21)9-12(10-15(22)24-4-2)20-11-5-7-13(8-6-11)25-16(17,18)19/h5-9,20H,3-4,10H2,1-2H3/b12-9-. The van der Waals surface area contributed by atoms with Gasteiger partial charge in [-0.05, 0) is 38.1 Å². The summed E-state index contributed by atoms with van der Waals surface area (Å²) in [5, 5.41) is 2.77. The van der Waals surface area contributed by atoms with E-state index in [0.29, 0.717) is 5.69 Å². The quantitative estimate of drug-likeness (QED) is 0.565. The second kappa shape index (κ2) is 9.55. The Morgan fingerprint density at radius 1 is 1.08 bits per heavy atom. The zero-order valence-electron chi connectivity index (χ0n) is 13.7. The van der Waals surface area contributed by atoms with Crippen molar-refractivity contribution < 1.29 is 37.0 Å². The number of carbonyl (C=O) groups is 2. The number of hydrogen-bond donors (Lipinski definition) is 1. The summed E-state index contributed by atoms with van der Waals surface area (Å²) in [6.45, 7) is 3.60. The molecule has 25 heavy (non-hydrogen) atoms. The lowest BCUT2D eigenvalue weighted by Gasteiger charge is -2.12. The van der Waals surface area contributed by atoms with Gasteiger partial charge in [0.05, 0.1) is 19.6 Å². The maximum Gasteiger partial charge on any atom is 0.573 e. The van der Waals surface area contributed by atoms with Crippen LogP contribution >= 0.6 is 0 Å². The summed E-state index contributed by atoms with van der Waals surface area (Å²) >= 11 is 0. The highest BCUT2D eigenvalue weighted by atomic mass is 19.4. The predicted octanol–water partition coefficient (Wildman–Crippen LogP) is 3.40. The maximum absolute atomic E-state index is 12.1. The first-order valence-corrected chi connectivity index (χ1v) is 7.39. The van der Waals surface area contributed by atoms with Crippen molar-refractivity contribution in [2.45, 2.75) is 26.6 Å². The maximum atomic E-state index is 12.1. The second-order valence-corrected chi connectivity index (χ2v) is 4.60. The first kappa shape index (κ1) is 20.3. The number of alkyl halides is 3. The van der Waals surface area contributed by atoms with Crippen molar-refractivity contribution in [2.24, 2.45) is 0 Å². The van der Waals surface area contributed by atoms with Crippen molar-refractivity contribution in [2.75, 3.05) is 18.5 Å². The van der Waals surface area contributed by atoms with E-state index in [1.54, 1.807) is 13.8 Å². The zero-order valence-corrected chi connectivity index (χ0v) is 13.7. The molecule has 6 nitrogen and oxygen atoms in total. The predicted molar refractivity (Wildman–Crippen MR) is 82.7 cm³/mol.